The molecule has 1 unspecified atom stereocenters. The summed E-state index contributed by atoms with van der Waals surface area (Å²) in [6.07, 6.45) is -4.89. The van der Waals surface area contributed by atoms with E-state index in [0.717, 1.165) is 0 Å². The minimum atomic E-state index is -4.58. The number of nitrogens with one attached hydrogen (secondary N) is 2. The average molecular weight is 298 g/mol. The lowest BCUT2D eigenvalue weighted by atomic mass is 10.1. The van der Waals surface area contributed by atoms with Gasteiger partial charge in [-0.3, -0.25) is 9.89 Å². The average Bonchev–Trinajstić information content (AvgIpc) is 2.81. The fourth-order valence-electron chi connectivity index (χ4n) is 1.82. The summed E-state index contributed by atoms with van der Waals surface area (Å²) in [6, 6.07) is 5.16. The molecule has 21 heavy (non-hydrogen) atoms. The maximum absolute atomic E-state index is 13.1. The molecule has 1 aromatic carbocycles. The normalized spacial score (nSPS) is 13.0. The summed E-state index contributed by atoms with van der Waals surface area (Å²) in [4.78, 5) is 15.6. The van der Waals surface area contributed by atoms with E-state index >= 15 is 0 Å². The number of alkyl halides is 3. The lowest BCUT2D eigenvalue weighted by Crippen LogP contribution is -2.39. The maximum atomic E-state index is 13.1. The molecule has 2 rings (SSSR count). The first-order valence-electron chi connectivity index (χ1n) is 6.15. The molecular weight excluding hydrogens is 285 g/mol. The van der Waals surface area contributed by atoms with Gasteiger partial charge < -0.3 is 5.32 Å². The van der Waals surface area contributed by atoms with E-state index < -0.39 is 18.1 Å². The number of aromatic nitrogens is 3. The Balaban J connectivity index is 2.11. The molecule has 5 nitrogen and oxygen atoms in total. The van der Waals surface area contributed by atoms with Crippen molar-refractivity contribution >= 4 is 5.91 Å². The Morgan fingerprint density at radius 1 is 1.33 bits per heavy atom. The number of H-pyrrole nitrogens is 1. The minimum absolute atomic E-state index is 0.0236. The summed E-state index contributed by atoms with van der Waals surface area (Å²) in [6.45, 7) is 1.64. The predicted octanol–water partition coefficient (Wildman–Crippen LogP) is 2.08. The molecule has 0 radical (unpaired) electrons. The second-order valence-corrected chi connectivity index (χ2v) is 4.47. The standard InChI is InChI=1S/C13H13F3N4O/c1-8-17-10(20-19-8)7-11(21)18-12(13(14,15)16)9-5-3-2-4-6-9/h2-6,12H,7H2,1H3,(H,18,21)(H,17,19,20). The summed E-state index contributed by atoms with van der Waals surface area (Å²) in [5, 5.41) is 8.22. The third-order valence-corrected chi connectivity index (χ3v) is 2.73. The van der Waals surface area contributed by atoms with E-state index in [1.54, 1.807) is 13.0 Å². The molecule has 0 aliphatic rings. The van der Waals surface area contributed by atoms with Crippen molar-refractivity contribution in [2.45, 2.75) is 25.6 Å². The van der Waals surface area contributed by atoms with Crippen LogP contribution in [0.25, 0.3) is 0 Å². The van der Waals surface area contributed by atoms with Gasteiger partial charge in [0.2, 0.25) is 5.91 Å². The molecule has 1 aromatic heterocycles. The molecule has 1 amide bonds. The van der Waals surface area contributed by atoms with Gasteiger partial charge in [0.15, 0.2) is 11.9 Å². The van der Waals surface area contributed by atoms with Gasteiger partial charge in [0.05, 0.1) is 6.42 Å². The fourth-order valence-corrected chi connectivity index (χ4v) is 1.82. The molecule has 2 aromatic rings. The lowest BCUT2D eigenvalue weighted by molar-refractivity contribution is -0.163. The van der Waals surface area contributed by atoms with E-state index in [0.29, 0.717) is 5.82 Å². The number of hydrogen-bond acceptors (Lipinski definition) is 3. The third-order valence-electron chi connectivity index (χ3n) is 2.73. The number of amides is 1. The van der Waals surface area contributed by atoms with Crippen molar-refractivity contribution in [3.8, 4) is 0 Å². The number of benzene rings is 1. The second kappa shape index (κ2) is 5.94. The van der Waals surface area contributed by atoms with Crippen LogP contribution in [0.4, 0.5) is 13.2 Å². The van der Waals surface area contributed by atoms with Crippen LogP contribution in [0.2, 0.25) is 0 Å². The van der Waals surface area contributed by atoms with Crippen LogP contribution in [0.1, 0.15) is 23.3 Å². The lowest BCUT2D eigenvalue weighted by Gasteiger charge is -2.21. The van der Waals surface area contributed by atoms with Gasteiger partial charge in [0.1, 0.15) is 5.82 Å². The number of halogens is 3. The Hall–Kier alpha value is -2.38. The van der Waals surface area contributed by atoms with Gasteiger partial charge in [-0.2, -0.15) is 18.3 Å². The van der Waals surface area contributed by atoms with Gasteiger partial charge >= 0.3 is 6.18 Å². The zero-order valence-corrected chi connectivity index (χ0v) is 11.1. The number of hydrogen-bond donors (Lipinski definition) is 2. The maximum Gasteiger partial charge on any atom is 0.412 e. The molecule has 0 bridgehead atoms. The summed E-state index contributed by atoms with van der Waals surface area (Å²) in [5.74, 6) is -0.146. The number of carbonyl (C=O) groups excluding carboxylic acids is 1. The highest BCUT2D eigenvalue weighted by molar-refractivity contribution is 5.78. The highest BCUT2D eigenvalue weighted by atomic mass is 19.4. The van der Waals surface area contributed by atoms with Crippen LogP contribution in [0.3, 0.4) is 0 Å². The predicted molar refractivity (Wildman–Crippen MR) is 68.2 cm³/mol. The molecule has 0 aliphatic heterocycles. The Morgan fingerprint density at radius 3 is 2.52 bits per heavy atom. The highest BCUT2D eigenvalue weighted by Crippen LogP contribution is 2.32. The van der Waals surface area contributed by atoms with E-state index in [9.17, 15) is 18.0 Å². The van der Waals surface area contributed by atoms with Crippen LogP contribution < -0.4 is 5.32 Å². The molecule has 0 saturated heterocycles. The van der Waals surface area contributed by atoms with Crippen LogP contribution in [0.15, 0.2) is 30.3 Å². The first-order chi connectivity index (χ1) is 9.86. The van der Waals surface area contributed by atoms with Crippen molar-refractivity contribution < 1.29 is 18.0 Å². The molecule has 112 valence electrons. The monoisotopic (exact) mass is 298 g/mol. The number of carbonyl (C=O) groups is 1. The number of rotatable bonds is 4. The third kappa shape index (κ3) is 4.04. The highest BCUT2D eigenvalue weighted by Gasteiger charge is 2.41. The van der Waals surface area contributed by atoms with Gasteiger partial charge in [-0.15, -0.1) is 0 Å². The van der Waals surface area contributed by atoms with Crippen LogP contribution in [0, 0.1) is 6.92 Å². The van der Waals surface area contributed by atoms with Crippen LogP contribution in [-0.2, 0) is 11.2 Å². The first-order valence-corrected chi connectivity index (χ1v) is 6.15. The largest absolute Gasteiger partial charge is 0.412 e. The van der Waals surface area contributed by atoms with Gasteiger partial charge in [-0.05, 0) is 12.5 Å². The Labute approximate surface area is 118 Å². The summed E-state index contributed by atoms with van der Waals surface area (Å²) in [7, 11) is 0. The Bertz CT molecular complexity index is 609. The van der Waals surface area contributed by atoms with Gasteiger partial charge in [-0.25, -0.2) is 4.98 Å². The smallest absolute Gasteiger partial charge is 0.340 e. The van der Waals surface area contributed by atoms with E-state index in [4.69, 9.17) is 0 Å². The van der Waals surface area contributed by atoms with Crippen LogP contribution in [-0.4, -0.2) is 27.3 Å². The molecule has 1 heterocycles. The summed E-state index contributed by atoms with van der Waals surface area (Å²) < 4.78 is 39.2. The van der Waals surface area contributed by atoms with Crippen molar-refractivity contribution in [3.63, 3.8) is 0 Å². The molecule has 0 saturated carbocycles. The zero-order chi connectivity index (χ0) is 15.5. The van der Waals surface area contributed by atoms with E-state index in [-0.39, 0.29) is 17.8 Å². The second-order valence-electron chi connectivity index (χ2n) is 4.47. The Morgan fingerprint density at radius 2 is 2.00 bits per heavy atom. The van der Waals surface area contributed by atoms with E-state index in [1.165, 1.54) is 24.3 Å². The quantitative estimate of drug-likeness (QED) is 0.908. The van der Waals surface area contributed by atoms with Crippen molar-refractivity contribution in [2.75, 3.05) is 0 Å². The van der Waals surface area contributed by atoms with E-state index in [1.807, 2.05) is 5.32 Å². The summed E-state index contributed by atoms with van der Waals surface area (Å²) in [5.41, 5.74) is -0.0236. The van der Waals surface area contributed by atoms with Crippen molar-refractivity contribution in [1.82, 2.24) is 20.5 Å². The molecular formula is C13H13F3N4O. The number of aryl methyl sites for hydroxylation is 1. The molecule has 8 heteroatoms. The molecule has 0 aliphatic carbocycles. The fraction of sp³-hybridized carbons (Fsp3) is 0.308. The van der Waals surface area contributed by atoms with Crippen molar-refractivity contribution in [3.05, 3.63) is 47.5 Å². The zero-order valence-electron chi connectivity index (χ0n) is 11.1. The first kappa shape index (κ1) is 15.0. The van der Waals surface area contributed by atoms with Crippen LogP contribution >= 0.6 is 0 Å². The minimum Gasteiger partial charge on any atom is -0.340 e. The van der Waals surface area contributed by atoms with Crippen molar-refractivity contribution in [1.29, 1.82) is 0 Å². The van der Waals surface area contributed by atoms with Crippen molar-refractivity contribution in [2.24, 2.45) is 0 Å². The van der Waals surface area contributed by atoms with E-state index in [2.05, 4.69) is 15.2 Å². The Kier molecular flexibility index (Phi) is 4.25. The number of nitrogens with zero attached hydrogens (tertiary/aromatic N) is 2. The molecule has 1 atom stereocenters. The molecule has 0 fully saturated rings. The van der Waals surface area contributed by atoms with Gasteiger partial charge in [0, 0.05) is 0 Å². The topological polar surface area (TPSA) is 70.7 Å². The molecule has 2 N–H and O–H groups in total. The SMILES string of the molecule is Cc1nc(CC(=O)NC(c2ccccc2)C(F)(F)F)n[nH]1. The summed E-state index contributed by atoms with van der Waals surface area (Å²) >= 11 is 0. The van der Waals surface area contributed by atoms with Crippen LogP contribution in [0.5, 0.6) is 0 Å². The number of aromatic amines is 1. The molecule has 0 spiro atoms. The van der Waals surface area contributed by atoms with Gasteiger partial charge in [-0.1, -0.05) is 30.3 Å². The van der Waals surface area contributed by atoms with Gasteiger partial charge in [0.25, 0.3) is 0 Å².